The minimum absolute atomic E-state index is 0.00783. The van der Waals surface area contributed by atoms with Crippen LogP contribution in [0.25, 0.3) is 0 Å². The largest absolute Gasteiger partial charge is 0.465 e. The van der Waals surface area contributed by atoms with Gasteiger partial charge in [0.05, 0.1) is 16.9 Å². The molecule has 0 bridgehead atoms. The highest BCUT2D eigenvalue weighted by molar-refractivity contribution is 7.89. The quantitative estimate of drug-likeness (QED) is 0.630. The Bertz CT molecular complexity index is 1050. The van der Waals surface area contributed by atoms with Crippen LogP contribution in [0.3, 0.4) is 0 Å². The first-order chi connectivity index (χ1) is 14.1. The smallest absolute Gasteiger partial charge is 0.324 e. The van der Waals surface area contributed by atoms with Gasteiger partial charge in [-0.1, -0.05) is 41.4 Å². The van der Waals surface area contributed by atoms with E-state index in [1.54, 1.807) is 43.3 Å². The number of carbonyl (C=O) groups is 2. The van der Waals surface area contributed by atoms with Crippen molar-refractivity contribution in [3.8, 4) is 0 Å². The van der Waals surface area contributed by atoms with Gasteiger partial charge in [0.25, 0.3) is 0 Å². The zero-order valence-electron chi connectivity index (χ0n) is 17.1. The molecule has 2 atom stereocenters. The van der Waals surface area contributed by atoms with Crippen LogP contribution < -0.4 is 0 Å². The Morgan fingerprint density at radius 1 is 1.13 bits per heavy atom. The third kappa shape index (κ3) is 4.02. The second-order valence-electron chi connectivity index (χ2n) is 7.48. The highest BCUT2D eigenvalue weighted by Gasteiger charge is 2.55. The number of rotatable bonds is 6. The molecule has 0 aromatic heterocycles. The van der Waals surface area contributed by atoms with Gasteiger partial charge in [0.15, 0.2) is 0 Å². The molecule has 0 saturated carbocycles. The molecule has 8 heteroatoms. The Morgan fingerprint density at radius 3 is 2.27 bits per heavy atom. The topological polar surface area (TPSA) is 80.8 Å². The molecule has 1 saturated heterocycles. The summed E-state index contributed by atoms with van der Waals surface area (Å²) in [6, 6.07) is 12.0. The molecule has 3 rings (SSSR count). The first-order valence-corrected chi connectivity index (χ1v) is 11.5. The van der Waals surface area contributed by atoms with Crippen molar-refractivity contribution in [2.75, 3.05) is 13.2 Å². The standard InChI is InChI=1S/C22H24ClNO5S/c1-4-29-21(26)20-13-22(16(3)25,17-7-9-18(23)10-8-17)14-24(20)30(27,28)19-11-5-15(2)6-12-19/h5-12,20H,4,13-14H2,1-3H3/t20-,22+/m0/s1. The monoisotopic (exact) mass is 449 g/mol. The van der Waals surface area contributed by atoms with E-state index in [1.807, 2.05) is 6.92 Å². The molecule has 0 spiro atoms. The van der Waals surface area contributed by atoms with Crippen LogP contribution in [0.5, 0.6) is 0 Å². The van der Waals surface area contributed by atoms with Gasteiger partial charge in [-0.3, -0.25) is 9.59 Å². The summed E-state index contributed by atoms with van der Waals surface area (Å²) in [7, 11) is -4.03. The van der Waals surface area contributed by atoms with Crippen LogP contribution in [0, 0.1) is 6.92 Å². The minimum atomic E-state index is -4.03. The van der Waals surface area contributed by atoms with Gasteiger partial charge in [-0.25, -0.2) is 8.42 Å². The fourth-order valence-electron chi connectivity index (χ4n) is 3.85. The van der Waals surface area contributed by atoms with Crippen LogP contribution in [0.15, 0.2) is 53.4 Å². The Labute approximate surface area is 181 Å². The highest BCUT2D eigenvalue weighted by Crippen LogP contribution is 2.42. The molecule has 30 heavy (non-hydrogen) atoms. The molecule has 6 nitrogen and oxygen atoms in total. The summed E-state index contributed by atoms with van der Waals surface area (Å²) in [6.07, 6.45) is 0.00783. The van der Waals surface area contributed by atoms with Crippen molar-refractivity contribution in [2.24, 2.45) is 0 Å². The molecule has 1 fully saturated rings. The van der Waals surface area contributed by atoms with E-state index in [0.717, 1.165) is 9.87 Å². The molecule has 0 N–H and O–H groups in total. The van der Waals surface area contributed by atoms with E-state index in [0.29, 0.717) is 10.6 Å². The molecule has 0 amide bonds. The predicted molar refractivity (Wildman–Crippen MR) is 114 cm³/mol. The van der Waals surface area contributed by atoms with Crippen LogP contribution in [0.1, 0.15) is 31.4 Å². The fourth-order valence-corrected chi connectivity index (χ4v) is 5.61. The molecular weight excluding hydrogens is 426 g/mol. The van der Waals surface area contributed by atoms with Crippen LogP contribution >= 0.6 is 11.6 Å². The van der Waals surface area contributed by atoms with Crippen LogP contribution in [0.4, 0.5) is 0 Å². The lowest BCUT2D eigenvalue weighted by atomic mass is 9.75. The van der Waals surface area contributed by atoms with Crippen LogP contribution in [-0.4, -0.2) is 43.7 Å². The molecule has 2 aromatic carbocycles. The third-order valence-corrected chi connectivity index (χ3v) is 7.69. The summed E-state index contributed by atoms with van der Waals surface area (Å²) in [5, 5.41) is 0.501. The van der Waals surface area contributed by atoms with Gasteiger partial charge in [0.2, 0.25) is 10.0 Å². The van der Waals surface area contributed by atoms with Crippen molar-refractivity contribution in [1.82, 2.24) is 4.31 Å². The van der Waals surface area contributed by atoms with Gasteiger partial charge in [0.1, 0.15) is 11.8 Å². The van der Waals surface area contributed by atoms with E-state index in [2.05, 4.69) is 0 Å². The van der Waals surface area contributed by atoms with Crippen molar-refractivity contribution < 1.29 is 22.7 Å². The van der Waals surface area contributed by atoms with Gasteiger partial charge in [-0.05, 0) is 57.0 Å². The van der Waals surface area contributed by atoms with Crippen molar-refractivity contribution in [2.45, 2.75) is 43.5 Å². The summed E-state index contributed by atoms with van der Waals surface area (Å²) in [6.45, 7) is 4.89. The summed E-state index contributed by atoms with van der Waals surface area (Å²) in [5.41, 5.74) is 0.367. The van der Waals surface area contributed by atoms with Gasteiger partial charge >= 0.3 is 5.97 Å². The molecule has 2 aromatic rings. The van der Waals surface area contributed by atoms with E-state index in [1.165, 1.54) is 19.1 Å². The molecule has 0 unspecified atom stereocenters. The number of sulfonamides is 1. The maximum absolute atomic E-state index is 13.4. The molecule has 160 valence electrons. The van der Waals surface area contributed by atoms with Gasteiger partial charge in [-0.2, -0.15) is 4.31 Å². The van der Waals surface area contributed by atoms with E-state index in [4.69, 9.17) is 16.3 Å². The number of ketones is 1. The molecule has 1 aliphatic rings. The van der Waals surface area contributed by atoms with E-state index >= 15 is 0 Å². The van der Waals surface area contributed by atoms with Crippen molar-refractivity contribution in [3.63, 3.8) is 0 Å². The second-order valence-corrected chi connectivity index (χ2v) is 9.81. The molecule has 1 heterocycles. The molecular formula is C22H24ClNO5S. The number of Topliss-reactive ketones (excluding diaryl/α,β-unsaturated/α-hetero) is 1. The third-order valence-electron chi connectivity index (χ3n) is 5.57. The van der Waals surface area contributed by atoms with Gasteiger partial charge in [0, 0.05) is 11.6 Å². The minimum Gasteiger partial charge on any atom is -0.465 e. The summed E-state index contributed by atoms with van der Waals surface area (Å²) >= 11 is 5.99. The van der Waals surface area contributed by atoms with Gasteiger partial charge in [-0.15, -0.1) is 0 Å². The number of esters is 1. The normalized spacial score (nSPS) is 22.1. The highest BCUT2D eigenvalue weighted by atomic mass is 35.5. The average Bonchev–Trinajstić information content (AvgIpc) is 3.12. The number of hydrogen-bond acceptors (Lipinski definition) is 5. The molecule has 0 radical (unpaired) electrons. The summed E-state index contributed by atoms with van der Waals surface area (Å²) in [5.74, 6) is -0.883. The maximum atomic E-state index is 13.4. The Morgan fingerprint density at radius 2 is 1.73 bits per heavy atom. The number of halogens is 1. The first-order valence-electron chi connectivity index (χ1n) is 9.64. The van der Waals surface area contributed by atoms with E-state index in [9.17, 15) is 18.0 Å². The Balaban J connectivity index is 2.12. The zero-order chi connectivity index (χ0) is 22.1. The number of ether oxygens (including phenoxy) is 1. The number of hydrogen-bond donors (Lipinski definition) is 0. The second kappa shape index (κ2) is 8.49. The number of benzene rings is 2. The summed E-state index contributed by atoms with van der Waals surface area (Å²) < 4.78 is 33.2. The number of nitrogens with zero attached hydrogens (tertiary/aromatic N) is 1. The van der Waals surface area contributed by atoms with Crippen LogP contribution in [-0.2, 0) is 29.8 Å². The number of aryl methyl sites for hydroxylation is 1. The average molecular weight is 450 g/mol. The SMILES string of the molecule is CCOC(=O)[C@@H]1C[C@@](C(C)=O)(c2ccc(Cl)cc2)CN1S(=O)(=O)c1ccc(C)cc1. The van der Waals surface area contributed by atoms with Crippen molar-refractivity contribution in [3.05, 3.63) is 64.7 Å². The molecule has 1 aliphatic heterocycles. The molecule has 0 aliphatic carbocycles. The van der Waals surface area contributed by atoms with Crippen molar-refractivity contribution >= 4 is 33.4 Å². The van der Waals surface area contributed by atoms with Crippen LogP contribution in [0.2, 0.25) is 5.02 Å². The Kier molecular flexibility index (Phi) is 6.36. The fraction of sp³-hybridized carbons (Fsp3) is 0.364. The number of carbonyl (C=O) groups excluding carboxylic acids is 2. The lowest BCUT2D eigenvalue weighted by Gasteiger charge is -2.27. The predicted octanol–water partition coefficient (Wildman–Crippen LogP) is 3.50. The summed E-state index contributed by atoms with van der Waals surface area (Å²) in [4.78, 5) is 25.6. The first kappa shape index (κ1) is 22.5. The Hall–Kier alpha value is -2.22. The lowest BCUT2D eigenvalue weighted by molar-refractivity contribution is -0.146. The van der Waals surface area contributed by atoms with E-state index in [-0.39, 0.29) is 30.3 Å². The van der Waals surface area contributed by atoms with E-state index < -0.39 is 27.4 Å². The van der Waals surface area contributed by atoms with Crippen molar-refractivity contribution in [1.29, 1.82) is 0 Å². The van der Waals surface area contributed by atoms with Gasteiger partial charge < -0.3 is 4.74 Å². The lowest BCUT2D eigenvalue weighted by Crippen LogP contribution is -2.42. The zero-order valence-corrected chi connectivity index (χ0v) is 18.7. The maximum Gasteiger partial charge on any atom is 0.324 e.